The minimum Gasteiger partial charge on any atom is -0.465 e. The number of hydrogen-bond donors (Lipinski definition) is 1. The molecule has 0 radical (unpaired) electrons. The Bertz CT molecular complexity index is 818. The summed E-state index contributed by atoms with van der Waals surface area (Å²) >= 11 is 0. The van der Waals surface area contributed by atoms with Crippen LogP contribution in [0.15, 0.2) is 0 Å². The van der Waals surface area contributed by atoms with E-state index in [2.05, 4.69) is 33.0 Å². The molecule has 0 aliphatic carbocycles. The second-order valence-electron chi connectivity index (χ2n) is 14.3. The first-order valence-electron chi connectivity index (χ1n) is 21.1. The van der Waals surface area contributed by atoms with Crippen LogP contribution in [-0.2, 0) is 33.4 Å². The summed E-state index contributed by atoms with van der Waals surface area (Å²) in [4.78, 5) is 49.3. The Hall–Kier alpha value is -2.12. The van der Waals surface area contributed by atoms with Crippen molar-refractivity contribution < 1.29 is 33.4 Å². The molecule has 50 heavy (non-hydrogen) atoms. The van der Waals surface area contributed by atoms with E-state index in [4.69, 9.17) is 14.2 Å². The molecule has 0 aliphatic heterocycles. The fourth-order valence-corrected chi connectivity index (χ4v) is 6.29. The van der Waals surface area contributed by atoms with Crippen molar-refractivity contribution in [3.63, 3.8) is 0 Å². The molecule has 1 amide bonds. The van der Waals surface area contributed by atoms with Crippen LogP contribution in [0, 0.1) is 11.8 Å². The highest BCUT2D eigenvalue weighted by atomic mass is 16.5. The van der Waals surface area contributed by atoms with Gasteiger partial charge in [-0.25, -0.2) is 0 Å². The molecule has 0 fully saturated rings. The molecule has 0 heterocycles. The number of amides is 1. The lowest BCUT2D eigenvalue weighted by Gasteiger charge is -2.16. The summed E-state index contributed by atoms with van der Waals surface area (Å²) in [5.41, 5.74) is 0. The third kappa shape index (κ3) is 30.7. The summed E-state index contributed by atoms with van der Waals surface area (Å²) in [6.07, 6.45) is 28.6. The number of hydrogen-bond acceptors (Lipinski definition) is 7. The Morgan fingerprint density at radius 3 is 1.32 bits per heavy atom. The van der Waals surface area contributed by atoms with Gasteiger partial charge in [-0.1, -0.05) is 137 Å². The number of carbonyl (C=O) groups is 4. The van der Waals surface area contributed by atoms with Gasteiger partial charge in [0.25, 0.3) is 0 Å². The lowest BCUT2D eigenvalue weighted by Crippen LogP contribution is -2.30. The normalized spacial score (nSPS) is 12.3. The van der Waals surface area contributed by atoms with Crippen molar-refractivity contribution in [3.05, 3.63) is 0 Å². The van der Waals surface area contributed by atoms with Gasteiger partial charge >= 0.3 is 17.9 Å². The van der Waals surface area contributed by atoms with Crippen LogP contribution in [0.3, 0.4) is 0 Å². The zero-order chi connectivity index (χ0) is 36.9. The molecule has 0 aromatic carbocycles. The third-order valence-electron chi connectivity index (χ3n) is 9.54. The Labute approximate surface area is 307 Å². The predicted molar refractivity (Wildman–Crippen MR) is 205 cm³/mol. The lowest BCUT2D eigenvalue weighted by molar-refractivity contribution is -0.150. The Balaban J connectivity index is 3.84. The molecule has 294 valence electrons. The number of unbranched alkanes of at least 4 members (excludes halogenated alkanes) is 17. The summed E-state index contributed by atoms with van der Waals surface area (Å²) in [5, 5.41) is 2.66. The molecule has 0 rings (SSSR count). The molecule has 0 saturated heterocycles. The van der Waals surface area contributed by atoms with Crippen molar-refractivity contribution in [2.45, 2.75) is 207 Å². The van der Waals surface area contributed by atoms with Crippen LogP contribution < -0.4 is 5.32 Å². The first-order valence-corrected chi connectivity index (χ1v) is 21.1. The van der Waals surface area contributed by atoms with E-state index in [1.807, 2.05) is 0 Å². The van der Waals surface area contributed by atoms with Crippen LogP contribution in [-0.4, -0.2) is 50.2 Å². The second-order valence-corrected chi connectivity index (χ2v) is 14.3. The average molecular weight is 710 g/mol. The molecule has 8 nitrogen and oxygen atoms in total. The maximum Gasteiger partial charge on any atom is 0.325 e. The van der Waals surface area contributed by atoms with Crippen LogP contribution in [0.4, 0.5) is 0 Å². The minimum atomic E-state index is -0.413. The Morgan fingerprint density at radius 2 is 0.800 bits per heavy atom. The maximum atomic E-state index is 12.8. The zero-order valence-electron chi connectivity index (χ0n) is 33.1. The van der Waals surface area contributed by atoms with Crippen LogP contribution in [0.5, 0.6) is 0 Å². The molecule has 2 atom stereocenters. The largest absolute Gasteiger partial charge is 0.465 e. The first-order chi connectivity index (χ1) is 24.4. The number of rotatable bonds is 37. The van der Waals surface area contributed by atoms with E-state index in [9.17, 15) is 19.2 Å². The smallest absolute Gasteiger partial charge is 0.325 e. The third-order valence-corrected chi connectivity index (χ3v) is 9.54. The molecule has 0 saturated carbocycles. The fraction of sp³-hybridized carbons (Fsp3) is 0.905. The van der Waals surface area contributed by atoms with Gasteiger partial charge in [-0.15, -0.1) is 0 Å². The molecule has 0 aliphatic rings. The van der Waals surface area contributed by atoms with E-state index in [0.29, 0.717) is 26.2 Å². The van der Waals surface area contributed by atoms with E-state index < -0.39 is 5.97 Å². The monoisotopic (exact) mass is 710 g/mol. The minimum absolute atomic E-state index is 0.0191. The van der Waals surface area contributed by atoms with Gasteiger partial charge in [-0.05, 0) is 64.2 Å². The molecule has 0 aromatic heterocycles. The highest BCUT2D eigenvalue weighted by Crippen LogP contribution is 2.21. The molecule has 0 aromatic rings. The molecule has 8 heteroatoms. The summed E-state index contributed by atoms with van der Waals surface area (Å²) in [5.74, 6) is -0.526. The van der Waals surface area contributed by atoms with Gasteiger partial charge in [0.2, 0.25) is 5.91 Å². The highest BCUT2D eigenvalue weighted by Gasteiger charge is 2.20. The Kier molecular flexibility index (Phi) is 35.1. The summed E-state index contributed by atoms with van der Waals surface area (Å²) in [7, 11) is 0. The first kappa shape index (κ1) is 47.9. The van der Waals surface area contributed by atoms with E-state index >= 15 is 0 Å². The molecule has 1 N–H and O–H groups in total. The zero-order valence-corrected chi connectivity index (χ0v) is 33.1. The van der Waals surface area contributed by atoms with Crippen molar-refractivity contribution in [3.8, 4) is 0 Å². The van der Waals surface area contributed by atoms with Crippen LogP contribution in [0.2, 0.25) is 0 Å². The van der Waals surface area contributed by atoms with Gasteiger partial charge in [0.1, 0.15) is 6.54 Å². The van der Waals surface area contributed by atoms with Crippen molar-refractivity contribution in [1.29, 1.82) is 0 Å². The van der Waals surface area contributed by atoms with Gasteiger partial charge in [0, 0.05) is 6.42 Å². The van der Waals surface area contributed by atoms with Gasteiger partial charge in [-0.3, -0.25) is 19.2 Å². The topological polar surface area (TPSA) is 108 Å². The quantitative estimate of drug-likeness (QED) is 0.0388. The Morgan fingerprint density at radius 1 is 0.420 bits per heavy atom. The summed E-state index contributed by atoms with van der Waals surface area (Å²) < 4.78 is 16.5. The molecular formula is C42H79NO7. The number of esters is 3. The van der Waals surface area contributed by atoms with E-state index in [0.717, 1.165) is 122 Å². The van der Waals surface area contributed by atoms with Crippen molar-refractivity contribution in [1.82, 2.24) is 5.32 Å². The fourth-order valence-electron chi connectivity index (χ4n) is 6.29. The van der Waals surface area contributed by atoms with Crippen LogP contribution in [0.1, 0.15) is 207 Å². The second kappa shape index (κ2) is 36.7. The van der Waals surface area contributed by atoms with Crippen LogP contribution >= 0.6 is 0 Å². The van der Waals surface area contributed by atoms with E-state index in [1.54, 1.807) is 0 Å². The van der Waals surface area contributed by atoms with Crippen molar-refractivity contribution in [2.75, 3.05) is 26.4 Å². The standard InChI is InChI=1S/C42H79NO7/c1-5-9-12-14-16-23-31-38(30-22-13-10-6-2)42(47)50-35-27-20-19-25-33-48-40(45)36-43-39(44)32-24-17-15-18-26-34-49-41(46)37(28-8-4)29-21-11-7-3/h37-38H,5-36H2,1-4H3,(H,43,44). The molecule has 0 spiro atoms. The maximum absolute atomic E-state index is 12.8. The van der Waals surface area contributed by atoms with Gasteiger partial charge in [0.15, 0.2) is 0 Å². The molecular weight excluding hydrogens is 630 g/mol. The molecule has 2 unspecified atom stereocenters. The number of nitrogens with one attached hydrogen (secondary N) is 1. The summed E-state index contributed by atoms with van der Waals surface area (Å²) in [6.45, 7) is 9.89. The van der Waals surface area contributed by atoms with E-state index in [1.165, 1.54) is 51.4 Å². The highest BCUT2D eigenvalue weighted by molar-refractivity contribution is 5.81. The average Bonchev–Trinajstić information content (AvgIpc) is 3.11. The van der Waals surface area contributed by atoms with E-state index in [-0.39, 0.29) is 36.2 Å². The van der Waals surface area contributed by atoms with Crippen molar-refractivity contribution in [2.24, 2.45) is 11.8 Å². The lowest BCUT2D eigenvalue weighted by atomic mass is 9.94. The SMILES string of the molecule is CCCCCCCCC(CCCCCC)C(=O)OCCCCCCOC(=O)CNC(=O)CCCCCCCOC(=O)C(CCC)CCCCC. The predicted octanol–water partition coefficient (Wildman–Crippen LogP) is 11.0. The molecule has 0 bridgehead atoms. The van der Waals surface area contributed by atoms with Gasteiger partial charge in [-0.2, -0.15) is 0 Å². The number of ether oxygens (including phenoxy) is 3. The van der Waals surface area contributed by atoms with Crippen LogP contribution in [0.25, 0.3) is 0 Å². The van der Waals surface area contributed by atoms with Crippen molar-refractivity contribution >= 4 is 23.8 Å². The summed E-state index contributed by atoms with van der Waals surface area (Å²) in [6, 6.07) is 0. The van der Waals surface area contributed by atoms with Gasteiger partial charge < -0.3 is 19.5 Å². The van der Waals surface area contributed by atoms with Gasteiger partial charge in [0.05, 0.1) is 31.7 Å². The number of carbonyl (C=O) groups excluding carboxylic acids is 4.